The average Bonchev–Trinajstić information content (AvgIpc) is 3.01. The van der Waals surface area contributed by atoms with E-state index < -0.39 is 40.2 Å². The number of nitrogens with zero attached hydrogens (tertiary/aromatic N) is 1. The Morgan fingerprint density at radius 3 is 1.91 bits per heavy atom. The van der Waals surface area contributed by atoms with Gasteiger partial charge in [0.15, 0.2) is 0 Å². The summed E-state index contributed by atoms with van der Waals surface area (Å²) in [6, 6.07) is 24.9. The molecule has 0 saturated heterocycles. The average molecular weight is 624 g/mol. The monoisotopic (exact) mass is 623 g/mol. The van der Waals surface area contributed by atoms with Crippen molar-refractivity contribution in [3.63, 3.8) is 0 Å². The number of alkyl carbamates (subject to hydrolysis) is 1. The maximum atomic E-state index is 13.6. The number of sulfonamides is 1. The fraction of sp³-hybridized carbons (Fsp3) is 0.412. The van der Waals surface area contributed by atoms with Crippen LogP contribution < -0.4 is 10.6 Å². The summed E-state index contributed by atoms with van der Waals surface area (Å²) in [5.41, 5.74) is 1.67. The maximum absolute atomic E-state index is 13.6. The molecular formula is C34H45N3O6S. The van der Waals surface area contributed by atoms with E-state index in [2.05, 4.69) is 10.6 Å². The highest BCUT2D eigenvalue weighted by Crippen LogP contribution is 2.19. The number of ether oxygens (including phenoxy) is 1. The summed E-state index contributed by atoms with van der Waals surface area (Å²) in [5.74, 6) is -0.564. The van der Waals surface area contributed by atoms with Gasteiger partial charge < -0.3 is 20.5 Å². The normalized spacial score (nSPS) is 13.8. The van der Waals surface area contributed by atoms with Crippen molar-refractivity contribution in [3.05, 3.63) is 102 Å². The molecule has 0 fully saturated rings. The second-order valence-corrected chi connectivity index (χ2v) is 13.6. The molecule has 0 heterocycles. The third kappa shape index (κ3) is 10.8. The van der Waals surface area contributed by atoms with Crippen LogP contribution in [0.5, 0.6) is 0 Å². The summed E-state index contributed by atoms with van der Waals surface area (Å²) >= 11 is 0. The molecule has 9 nitrogen and oxygen atoms in total. The van der Waals surface area contributed by atoms with Gasteiger partial charge in [0.2, 0.25) is 15.9 Å². The van der Waals surface area contributed by atoms with Crippen LogP contribution in [0.1, 0.15) is 45.2 Å². The molecule has 3 rings (SSSR count). The highest BCUT2D eigenvalue weighted by Gasteiger charge is 2.33. The minimum atomic E-state index is -3.91. The number of carbonyl (C=O) groups excluding carboxylic acids is 2. The highest BCUT2D eigenvalue weighted by atomic mass is 32.2. The van der Waals surface area contributed by atoms with Crippen molar-refractivity contribution in [1.82, 2.24) is 14.9 Å². The van der Waals surface area contributed by atoms with Gasteiger partial charge in [-0.25, -0.2) is 13.2 Å². The van der Waals surface area contributed by atoms with Gasteiger partial charge in [-0.2, -0.15) is 4.31 Å². The summed E-state index contributed by atoms with van der Waals surface area (Å²) < 4.78 is 33.9. The van der Waals surface area contributed by atoms with Crippen LogP contribution in [0.3, 0.4) is 0 Å². The first kappa shape index (κ1) is 34.8. The molecule has 3 N–H and O–H groups in total. The van der Waals surface area contributed by atoms with E-state index in [1.54, 1.807) is 32.0 Å². The first-order valence-electron chi connectivity index (χ1n) is 15.0. The summed E-state index contributed by atoms with van der Waals surface area (Å²) in [4.78, 5) is 26.4. The van der Waals surface area contributed by atoms with Gasteiger partial charge in [-0.3, -0.25) is 4.79 Å². The highest BCUT2D eigenvalue weighted by molar-refractivity contribution is 7.89. The Morgan fingerprint density at radius 1 is 0.818 bits per heavy atom. The van der Waals surface area contributed by atoms with E-state index in [1.165, 1.54) is 16.4 Å². The predicted molar refractivity (Wildman–Crippen MR) is 171 cm³/mol. The minimum absolute atomic E-state index is 0.0521. The molecule has 0 aliphatic carbocycles. The third-order valence-corrected chi connectivity index (χ3v) is 9.13. The van der Waals surface area contributed by atoms with Crippen LogP contribution in [-0.2, 0) is 32.6 Å². The molecule has 0 radical (unpaired) electrons. The lowest BCUT2D eigenvalue weighted by Gasteiger charge is -2.31. The summed E-state index contributed by atoms with van der Waals surface area (Å²) in [6.07, 6.45) is -1.14. The fourth-order valence-electron chi connectivity index (χ4n) is 4.64. The molecule has 0 aliphatic rings. The maximum Gasteiger partial charge on any atom is 0.408 e. The predicted octanol–water partition coefficient (Wildman–Crippen LogP) is 4.76. The van der Waals surface area contributed by atoms with Gasteiger partial charge in [0.1, 0.15) is 12.6 Å². The first-order chi connectivity index (χ1) is 21.0. The van der Waals surface area contributed by atoms with E-state index >= 15 is 0 Å². The molecular weight excluding hydrogens is 578 g/mol. The van der Waals surface area contributed by atoms with Gasteiger partial charge in [-0.05, 0) is 47.9 Å². The van der Waals surface area contributed by atoms with Crippen molar-refractivity contribution in [1.29, 1.82) is 0 Å². The van der Waals surface area contributed by atoms with Crippen LogP contribution in [0.15, 0.2) is 95.9 Å². The zero-order valence-electron chi connectivity index (χ0n) is 25.9. The molecule has 10 heteroatoms. The van der Waals surface area contributed by atoms with Gasteiger partial charge in [0.25, 0.3) is 0 Å². The van der Waals surface area contributed by atoms with Crippen molar-refractivity contribution in [2.45, 2.75) is 70.2 Å². The van der Waals surface area contributed by atoms with Crippen LogP contribution in [0, 0.1) is 11.8 Å². The molecule has 0 unspecified atom stereocenters. The Bertz CT molecular complexity index is 1400. The van der Waals surface area contributed by atoms with Crippen LogP contribution in [0.4, 0.5) is 4.79 Å². The Hall–Kier alpha value is -3.73. The molecule has 0 bridgehead atoms. The van der Waals surface area contributed by atoms with Gasteiger partial charge in [0.05, 0.1) is 17.0 Å². The van der Waals surface area contributed by atoms with Gasteiger partial charge >= 0.3 is 6.09 Å². The number of aliphatic hydroxyl groups excluding tert-OH is 1. The number of hydrogen-bond donors (Lipinski definition) is 3. The molecule has 3 aromatic rings. The smallest absolute Gasteiger partial charge is 0.408 e. The van der Waals surface area contributed by atoms with Crippen LogP contribution >= 0.6 is 0 Å². The Labute approximate surface area is 261 Å². The van der Waals surface area contributed by atoms with Crippen molar-refractivity contribution in [2.24, 2.45) is 11.8 Å². The molecule has 0 aliphatic heterocycles. The van der Waals surface area contributed by atoms with Gasteiger partial charge in [0, 0.05) is 13.1 Å². The van der Waals surface area contributed by atoms with Crippen molar-refractivity contribution in [3.8, 4) is 0 Å². The van der Waals surface area contributed by atoms with E-state index in [0.29, 0.717) is 6.42 Å². The quantitative estimate of drug-likeness (QED) is 0.211. The SMILES string of the molecule is CC(C)CCN(C[C@@H](O)[C@H](Cc1ccccc1)NC(=O)[C@@H](NC(=O)OCc1ccccc1)C(C)C)S(=O)(=O)c1ccccc1. The number of hydrogen-bond acceptors (Lipinski definition) is 6. The van der Waals surface area contributed by atoms with E-state index in [9.17, 15) is 23.1 Å². The van der Waals surface area contributed by atoms with Crippen molar-refractivity contribution >= 4 is 22.0 Å². The number of amides is 2. The lowest BCUT2D eigenvalue weighted by atomic mass is 9.98. The van der Waals surface area contributed by atoms with E-state index in [0.717, 1.165) is 11.1 Å². The Balaban J connectivity index is 1.80. The summed E-state index contributed by atoms with van der Waals surface area (Å²) in [5, 5.41) is 17.1. The topological polar surface area (TPSA) is 125 Å². The molecule has 3 aromatic carbocycles. The Kier molecular flexibility index (Phi) is 13.4. The van der Waals surface area contributed by atoms with Crippen LogP contribution in [0.25, 0.3) is 0 Å². The molecule has 44 heavy (non-hydrogen) atoms. The Morgan fingerprint density at radius 2 is 1.36 bits per heavy atom. The van der Waals surface area contributed by atoms with Crippen molar-refractivity contribution in [2.75, 3.05) is 13.1 Å². The van der Waals surface area contributed by atoms with E-state index in [4.69, 9.17) is 4.74 Å². The molecule has 0 aromatic heterocycles. The number of carbonyl (C=O) groups is 2. The summed E-state index contributed by atoms with van der Waals surface area (Å²) in [6.45, 7) is 7.64. The second kappa shape index (κ2) is 16.9. The number of benzene rings is 3. The van der Waals surface area contributed by atoms with E-state index in [1.807, 2.05) is 74.5 Å². The zero-order chi connectivity index (χ0) is 32.1. The molecule has 3 atom stereocenters. The molecule has 238 valence electrons. The number of nitrogens with one attached hydrogen (secondary N) is 2. The third-order valence-electron chi connectivity index (χ3n) is 7.25. The minimum Gasteiger partial charge on any atom is -0.445 e. The molecule has 2 amide bonds. The lowest BCUT2D eigenvalue weighted by Crippen LogP contribution is -2.56. The number of aliphatic hydroxyl groups is 1. The lowest BCUT2D eigenvalue weighted by molar-refractivity contribution is -0.125. The van der Waals surface area contributed by atoms with Gasteiger partial charge in [-0.15, -0.1) is 0 Å². The van der Waals surface area contributed by atoms with Crippen LogP contribution in [-0.4, -0.2) is 61.1 Å². The standard InChI is InChI=1S/C34H45N3O6S/c1-25(2)20-21-37(44(41,42)29-18-12-7-13-19-29)23-31(38)30(22-27-14-8-5-9-15-27)35-33(39)32(26(3)4)36-34(40)43-24-28-16-10-6-11-17-28/h5-19,25-26,30-32,38H,20-24H2,1-4H3,(H,35,39)(H,36,40)/t30-,31+,32-/m0/s1. The second-order valence-electron chi connectivity index (χ2n) is 11.7. The largest absolute Gasteiger partial charge is 0.445 e. The number of rotatable bonds is 16. The first-order valence-corrected chi connectivity index (χ1v) is 16.5. The van der Waals surface area contributed by atoms with Crippen molar-refractivity contribution < 1.29 is 27.9 Å². The van der Waals surface area contributed by atoms with E-state index in [-0.39, 0.29) is 42.8 Å². The van der Waals surface area contributed by atoms with Gasteiger partial charge in [-0.1, -0.05) is 107 Å². The fourth-order valence-corrected chi connectivity index (χ4v) is 6.13. The molecule has 0 spiro atoms. The van der Waals surface area contributed by atoms with Crippen LogP contribution in [0.2, 0.25) is 0 Å². The molecule has 0 saturated carbocycles. The zero-order valence-corrected chi connectivity index (χ0v) is 26.7. The summed E-state index contributed by atoms with van der Waals surface area (Å²) in [7, 11) is -3.91.